The number of nitrogens with zero attached hydrogens (tertiary/aromatic N) is 1. The van der Waals surface area contributed by atoms with Gasteiger partial charge in [-0.1, -0.05) is 18.2 Å². The summed E-state index contributed by atoms with van der Waals surface area (Å²) in [5.41, 5.74) is 4.05. The van der Waals surface area contributed by atoms with Crippen molar-refractivity contribution in [1.29, 1.82) is 0 Å². The Morgan fingerprint density at radius 3 is 2.95 bits per heavy atom. The molecule has 106 valence electrons. The Bertz CT molecular complexity index is 559. The highest BCUT2D eigenvalue weighted by molar-refractivity contribution is 8.00. The standard InChI is InChI=1S/C16H20N2OS/c19-15-10-20-11-16(17-7-8-18(15)16)14-6-5-12-3-1-2-4-13(12)9-14/h5-6,9,17H,1-4,7-8,10-11H2. The van der Waals surface area contributed by atoms with Gasteiger partial charge in [0.1, 0.15) is 5.66 Å². The smallest absolute Gasteiger partial charge is 0.234 e. The summed E-state index contributed by atoms with van der Waals surface area (Å²) < 4.78 is 0. The van der Waals surface area contributed by atoms with E-state index in [9.17, 15) is 4.79 Å². The molecule has 20 heavy (non-hydrogen) atoms. The molecule has 3 aliphatic rings. The lowest BCUT2D eigenvalue weighted by Gasteiger charge is -2.42. The molecule has 2 heterocycles. The van der Waals surface area contributed by atoms with Gasteiger partial charge in [0.2, 0.25) is 5.91 Å². The lowest BCUT2D eigenvalue weighted by molar-refractivity contribution is -0.133. The Kier molecular flexibility index (Phi) is 3.04. The van der Waals surface area contributed by atoms with Crippen LogP contribution in [-0.2, 0) is 23.3 Å². The van der Waals surface area contributed by atoms with Gasteiger partial charge in [-0.3, -0.25) is 10.1 Å². The predicted molar refractivity (Wildman–Crippen MR) is 81.8 cm³/mol. The highest BCUT2D eigenvalue weighted by Gasteiger charge is 2.47. The molecule has 2 saturated heterocycles. The summed E-state index contributed by atoms with van der Waals surface area (Å²) in [5, 5.41) is 3.61. The first-order chi connectivity index (χ1) is 9.79. The van der Waals surface area contributed by atoms with Crippen molar-refractivity contribution in [1.82, 2.24) is 10.2 Å². The Morgan fingerprint density at radius 1 is 1.20 bits per heavy atom. The summed E-state index contributed by atoms with van der Waals surface area (Å²) in [5.74, 6) is 1.88. The van der Waals surface area contributed by atoms with Gasteiger partial charge in [0.25, 0.3) is 0 Å². The molecule has 0 radical (unpaired) electrons. The van der Waals surface area contributed by atoms with E-state index in [0.717, 1.165) is 18.8 Å². The first-order valence-corrected chi connectivity index (χ1v) is 8.71. The lowest BCUT2D eigenvalue weighted by Crippen LogP contribution is -2.56. The van der Waals surface area contributed by atoms with Crippen LogP contribution < -0.4 is 5.32 Å². The van der Waals surface area contributed by atoms with Crippen LogP contribution in [0.2, 0.25) is 0 Å². The van der Waals surface area contributed by atoms with Crippen LogP contribution in [0, 0.1) is 0 Å². The van der Waals surface area contributed by atoms with Crippen LogP contribution in [0.4, 0.5) is 0 Å². The molecule has 1 unspecified atom stereocenters. The minimum atomic E-state index is -0.244. The van der Waals surface area contributed by atoms with Crippen molar-refractivity contribution in [3.8, 4) is 0 Å². The topological polar surface area (TPSA) is 32.3 Å². The molecule has 0 spiro atoms. The third-order valence-corrected chi connectivity index (χ3v) is 5.95. The molecule has 2 fully saturated rings. The fourth-order valence-corrected chi connectivity index (χ4v) is 4.98. The summed E-state index contributed by atoms with van der Waals surface area (Å²) in [6.45, 7) is 1.75. The number of hydrogen-bond acceptors (Lipinski definition) is 3. The van der Waals surface area contributed by atoms with Crippen LogP contribution >= 0.6 is 11.8 Å². The van der Waals surface area contributed by atoms with Gasteiger partial charge in [0.15, 0.2) is 0 Å². The molecule has 1 atom stereocenters. The summed E-state index contributed by atoms with van der Waals surface area (Å²) in [6, 6.07) is 6.90. The van der Waals surface area contributed by atoms with Gasteiger partial charge >= 0.3 is 0 Å². The fraction of sp³-hybridized carbons (Fsp3) is 0.562. The first-order valence-electron chi connectivity index (χ1n) is 7.55. The first kappa shape index (κ1) is 12.7. The number of carbonyl (C=O) groups excluding carboxylic acids is 1. The molecule has 1 amide bonds. The number of carbonyl (C=O) groups is 1. The van der Waals surface area contributed by atoms with E-state index in [2.05, 4.69) is 28.4 Å². The highest BCUT2D eigenvalue weighted by atomic mass is 32.2. The molecule has 4 heteroatoms. The molecule has 1 N–H and O–H groups in total. The Balaban J connectivity index is 1.77. The van der Waals surface area contributed by atoms with E-state index < -0.39 is 0 Å². The van der Waals surface area contributed by atoms with E-state index in [0.29, 0.717) is 5.75 Å². The zero-order valence-electron chi connectivity index (χ0n) is 11.7. The predicted octanol–water partition coefficient (Wildman–Crippen LogP) is 1.90. The van der Waals surface area contributed by atoms with Gasteiger partial charge in [0, 0.05) is 18.8 Å². The van der Waals surface area contributed by atoms with Crippen LogP contribution in [0.25, 0.3) is 0 Å². The molecule has 3 nitrogen and oxygen atoms in total. The third-order valence-electron chi connectivity index (χ3n) is 4.88. The maximum atomic E-state index is 12.2. The molecule has 0 bridgehead atoms. The van der Waals surface area contributed by atoms with Crippen molar-refractivity contribution in [3.63, 3.8) is 0 Å². The average Bonchev–Trinajstić information content (AvgIpc) is 2.93. The molecule has 0 aromatic heterocycles. The van der Waals surface area contributed by atoms with E-state index in [1.165, 1.54) is 42.4 Å². The second kappa shape index (κ2) is 4.78. The SMILES string of the molecule is O=C1CSCC2(c3ccc4c(c3)CCCC4)NCCN12. The molecule has 1 aromatic carbocycles. The Hall–Kier alpha value is -1.00. The quantitative estimate of drug-likeness (QED) is 0.856. The third kappa shape index (κ3) is 1.81. The van der Waals surface area contributed by atoms with Crippen LogP contribution in [0.3, 0.4) is 0 Å². The van der Waals surface area contributed by atoms with Crippen LogP contribution in [0.5, 0.6) is 0 Å². The second-order valence-electron chi connectivity index (χ2n) is 6.02. The minimum Gasteiger partial charge on any atom is -0.317 e. The number of nitrogens with one attached hydrogen (secondary N) is 1. The summed E-state index contributed by atoms with van der Waals surface area (Å²) in [7, 11) is 0. The lowest BCUT2D eigenvalue weighted by atomic mass is 9.87. The number of hydrogen-bond donors (Lipinski definition) is 1. The van der Waals surface area contributed by atoms with E-state index in [1.807, 2.05) is 0 Å². The van der Waals surface area contributed by atoms with Gasteiger partial charge in [-0.05, 0) is 42.4 Å². The number of rotatable bonds is 1. The van der Waals surface area contributed by atoms with E-state index in [-0.39, 0.29) is 11.6 Å². The largest absolute Gasteiger partial charge is 0.317 e. The number of benzene rings is 1. The molecule has 2 aliphatic heterocycles. The van der Waals surface area contributed by atoms with Crippen LogP contribution in [0.15, 0.2) is 18.2 Å². The Morgan fingerprint density at radius 2 is 2.05 bits per heavy atom. The minimum absolute atomic E-state index is 0.244. The van der Waals surface area contributed by atoms with Gasteiger partial charge in [0.05, 0.1) is 5.75 Å². The maximum Gasteiger partial charge on any atom is 0.234 e. The van der Waals surface area contributed by atoms with Crippen molar-refractivity contribution < 1.29 is 4.79 Å². The van der Waals surface area contributed by atoms with E-state index in [1.54, 1.807) is 11.8 Å². The zero-order valence-corrected chi connectivity index (χ0v) is 12.5. The molecule has 4 rings (SSSR count). The summed E-state index contributed by atoms with van der Waals surface area (Å²) >= 11 is 1.76. The molecular formula is C16H20N2OS. The molecule has 1 aliphatic carbocycles. The van der Waals surface area contributed by atoms with Crippen molar-refractivity contribution in [2.24, 2.45) is 0 Å². The van der Waals surface area contributed by atoms with Crippen molar-refractivity contribution in [2.45, 2.75) is 31.3 Å². The van der Waals surface area contributed by atoms with E-state index in [4.69, 9.17) is 0 Å². The molecular weight excluding hydrogens is 268 g/mol. The van der Waals surface area contributed by atoms with E-state index >= 15 is 0 Å². The highest BCUT2D eigenvalue weighted by Crippen LogP contribution is 2.38. The van der Waals surface area contributed by atoms with Gasteiger partial charge < -0.3 is 4.90 Å². The zero-order chi connectivity index (χ0) is 13.6. The summed E-state index contributed by atoms with van der Waals surface area (Å²) in [4.78, 5) is 14.3. The van der Waals surface area contributed by atoms with Gasteiger partial charge in [-0.15, -0.1) is 11.8 Å². The number of aryl methyl sites for hydroxylation is 2. The fourth-order valence-electron chi connectivity index (χ4n) is 3.82. The Labute approximate surface area is 124 Å². The number of thioether (sulfide) groups is 1. The van der Waals surface area contributed by atoms with Crippen molar-refractivity contribution in [3.05, 3.63) is 34.9 Å². The van der Waals surface area contributed by atoms with Crippen LogP contribution in [0.1, 0.15) is 29.5 Å². The van der Waals surface area contributed by atoms with Crippen molar-refractivity contribution in [2.75, 3.05) is 24.6 Å². The van der Waals surface area contributed by atoms with Gasteiger partial charge in [-0.25, -0.2) is 0 Å². The second-order valence-corrected chi connectivity index (χ2v) is 7.00. The number of amides is 1. The van der Waals surface area contributed by atoms with Crippen molar-refractivity contribution >= 4 is 17.7 Å². The average molecular weight is 288 g/mol. The monoisotopic (exact) mass is 288 g/mol. The number of fused-ring (bicyclic) bond motifs is 2. The summed E-state index contributed by atoms with van der Waals surface area (Å²) in [6.07, 6.45) is 5.03. The normalized spacial score (nSPS) is 29.2. The van der Waals surface area contributed by atoms with Crippen LogP contribution in [-0.4, -0.2) is 35.4 Å². The molecule has 1 aromatic rings. The maximum absolute atomic E-state index is 12.2. The van der Waals surface area contributed by atoms with Gasteiger partial charge in [-0.2, -0.15) is 0 Å². The molecule has 0 saturated carbocycles.